The van der Waals surface area contributed by atoms with Crippen LogP contribution in [-0.4, -0.2) is 25.0 Å². The molecule has 0 atom stereocenters. The number of hydrogen-bond donors (Lipinski definition) is 1. The molecule has 1 rings (SSSR count). The number of ketones is 1. The van der Waals surface area contributed by atoms with Gasteiger partial charge in [0.15, 0.2) is 5.75 Å². The van der Waals surface area contributed by atoms with Crippen LogP contribution in [-0.2, 0) is 14.3 Å². The van der Waals surface area contributed by atoms with Gasteiger partial charge in [-0.2, -0.15) is 0 Å². The molecular formula is C12H11Cl2NO5. The van der Waals surface area contributed by atoms with E-state index in [9.17, 15) is 14.4 Å². The van der Waals surface area contributed by atoms with Crippen molar-refractivity contribution in [2.45, 2.75) is 13.3 Å². The van der Waals surface area contributed by atoms with Crippen LogP contribution in [0.4, 0.5) is 10.5 Å². The van der Waals surface area contributed by atoms with Gasteiger partial charge in [0.05, 0.1) is 29.3 Å². The number of methoxy groups -OCH3 is 1. The Hall–Kier alpha value is -1.79. The topological polar surface area (TPSA) is 81.7 Å². The molecule has 0 fully saturated rings. The second-order valence-corrected chi connectivity index (χ2v) is 4.56. The predicted octanol–water partition coefficient (Wildman–Crippen LogP) is 3.06. The van der Waals surface area contributed by atoms with Crippen molar-refractivity contribution >= 4 is 46.7 Å². The van der Waals surface area contributed by atoms with Gasteiger partial charge in [-0.1, -0.05) is 23.2 Å². The molecule has 8 heteroatoms. The van der Waals surface area contributed by atoms with Crippen molar-refractivity contribution in [2.75, 3.05) is 12.4 Å². The summed E-state index contributed by atoms with van der Waals surface area (Å²) < 4.78 is 9.11. The van der Waals surface area contributed by atoms with Crippen LogP contribution in [0.2, 0.25) is 10.0 Å². The fourth-order valence-electron chi connectivity index (χ4n) is 1.26. The third kappa shape index (κ3) is 4.71. The van der Waals surface area contributed by atoms with Crippen molar-refractivity contribution < 1.29 is 23.9 Å². The Morgan fingerprint density at radius 3 is 2.40 bits per heavy atom. The van der Waals surface area contributed by atoms with Crippen molar-refractivity contribution in [2.24, 2.45) is 0 Å². The molecule has 0 unspecified atom stereocenters. The van der Waals surface area contributed by atoms with Gasteiger partial charge in [0.2, 0.25) is 5.91 Å². The summed E-state index contributed by atoms with van der Waals surface area (Å²) >= 11 is 11.7. The third-order valence-corrected chi connectivity index (χ3v) is 2.67. The van der Waals surface area contributed by atoms with E-state index in [1.165, 1.54) is 19.1 Å². The average Bonchev–Trinajstić information content (AvgIpc) is 2.33. The molecule has 0 aromatic heterocycles. The van der Waals surface area contributed by atoms with Gasteiger partial charge in [-0.05, 0) is 13.0 Å². The van der Waals surface area contributed by atoms with Crippen LogP contribution >= 0.6 is 23.2 Å². The van der Waals surface area contributed by atoms with Gasteiger partial charge >= 0.3 is 6.16 Å². The Kier molecular flexibility index (Phi) is 5.79. The molecule has 0 aliphatic rings. The van der Waals surface area contributed by atoms with Gasteiger partial charge in [-0.15, -0.1) is 0 Å². The maximum atomic E-state index is 11.5. The fraction of sp³-hybridized carbons (Fsp3) is 0.250. The second kappa shape index (κ2) is 7.12. The first kappa shape index (κ1) is 16.3. The minimum absolute atomic E-state index is 0.0268. The van der Waals surface area contributed by atoms with Crippen molar-refractivity contribution in [1.82, 2.24) is 0 Å². The van der Waals surface area contributed by atoms with E-state index in [0.717, 1.165) is 7.11 Å². The standard InChI is InChI=1S/C12H11Cl2NO5/c1-6(16)3-11(17)15-9-5-10(20-12(18)19-2)8(14)4-7(9)13/h4-5H,3H2,1-2H3,(H,15,17). The van der Waals surface area contributed by atoms with Gasteiger partial charge in [0, 0.05) is 6.07 Å². The number of Topliss-reactive ketones (excluding diaryl/α,β-unsaturated/α-hetero) is 1. The zero-order valence-electron chi connectivity index (χ0n) is 10.7. The molecule has 0 spiro atoms. The number of hydrogen-bond acceptors (Lipinski definition) is 5. The smallest absolute Gasteiger partial charge is 0.437 e. The number of nitrogens with one attached hydrogen (secondary N) is 1. The minimum Gasteiger partial charge on any atom is -0.437 e. The quantitative estimate of drug-likeness (QED) is 0.524. The Labute approximate surface area is 124 Å². The minimum atomic E-state index is -0.963. The number of carbonyl (C=O) groups excluding carboxylic acids is 3. The first-order valence-corrected chi connectivity index (χ1v) is 6.13. The summed E-state index contributed by atoms with van der Waals surface area (Å²) in [4.78, 5) is 33.4. The van der Waals surface area contributed by atoms with E-state index in [4.69, 9.17) is 27.9 Å². The molecular weight excluding hydrogens is 309 g/mol. The summed E-state index contributed by atoms with van der Waals surface area (Å²) in [6.07, 6.45) is -1.25. The van der Waals surface area contributed by atoms with Crippen LogP contribution in [0.3, 0.4) is 0 Å². The molecule has 20 heavy (non-hydrogen) atoms. The number of benzene rings is 1. The molecule has 0 aliphatic carbocycles. The van der Waals surface area contributed by atoms with E-state index in [-0.39, 0.29) is 33.7 Å². The Morgan fingerprint density at radius 2 is 1.85 bits per heavy atom. The maximum Gasteiger partial charge on any atom is 0.513 e. The lowest BCUT2D eigenvalue weighted by Gasteiger charge is -2.10. The third-order valence-electron chi connectivity index (χ3n) is 2.07. The molecule has 1 aromatic rings. The van der Waals surface area contributed by atoms with Crippen LogP contribution in [0.15, 0.2) is 12.1 Å². The molecule has 0 aliphatic heterocycles. The highest BCUT2D eigenvalue weighted by atomic mass is 35.5. The zero-order chi connectivity index (χ0) is 15.3. The van der Waals surface area contributed by atoms with Gasteiger partial charge in [0.1, 0.15) is 5.78 Å². The van der Waals surface area contributed by atoms with E-state index >= 15 is 0 Å². The van der Waals surface area contributed by atoms with Crippen molar-refractivity contribution in [1.29, 1.82) is 0 Å². The highest BCUT2D eigenvalue weighted by molar-refractivity contribution is 6.37. The zero-order valence-corrected chi connectivity index (χ0v) is 12.2. The average molecular weight is 320 g/mol. The summed E-state index contributed by atoms with van der Waals surface area (Å²) in [6.45, 7) is 1.29. The van der Waals surface area contributed by atoms with E-state index in [1.807, 2.05) is 0 Å². The molecule has 1 aromatic carbocycles. The van der Waals surface area contributed by atoms with Crippen molar-refractivity contribution in [3.63, 3.8) is 0 Å². The normalized spacial score (nSPS) is 9.80. The van der Waals surface area contributed by atoms with Gasteiger partial charge in [0.25, 0.3) is 0 Å². The molecule has 0 radical (unpaired) electrons. The number of anilines is 1. The first-order chi connectivity index (χ1) is 9.33. The molecule has 0 heterocycles. The van der Waals surface area contributed by atoms with Gasteiger partial charge < -0.3 is 14.8 Å². The molecule has 0 saturated heterocycles. The molecule has 1 amide bonds. The van der Waals surface area contributed by atoms with Crippen LogP contribution in [0.25, 0.3) is 0 Å². The largest absolute Gasteiger partial charge is 0.513 e. The first-order valence-electron chi connectivity index (χ1n) is 5.37. The van der Waals surface area contributed by atoms with E-state index in [2.05, 4.69) is 10.1 Å². The lowest BCUT2D eigenvalue weighted by atomic mass is 10.2. The lowest BCUT2D eigenvalue weighted by molar-refractivity contribution is -0.124. The van der Waals surface area contributed by atoms with Crippen LogP contribution in [0.5, 0.6) is 5.75 Å². The van der Waals surface area contributed by atoms with E-state index in [1.54, 1.807) is 0 Å². The maximum absolute atomic E-state index is 11.5. The molecule has 108 valence electrons. The summed E-state index contributed by atoms with van der Waals surface area (Å²) in [5.74, 6) is -0.856. The summed E-state index contributed by atoms with van der Waals surface area (Å²) in [5, 5.41) is 2.63. The molecule has 0 saturated carbocycles. The SMILES string of the molecule is COC(=O)Oc1cc(NC(=O)CC(C)=O)c(Cl)cc1Cl. The second-order valence-electron chi connectivity index (χ2n) is 3.75. The summed E-state index contributed by atoms with van der Waals surface area (Å²) in [6, 6.07) is 2.56. The van der Waals surface area contributed by atoms with Crippen molar-refractivity contribution in [3.05, 3.63) is 22.2 Å². The Balaban J connectivity index is 2.96. The highest BCUT2D eigenvalue weighted by Gasteiger charge is 2.14. The van der Waals surface area contributed by atoms with Crippen LogP contribution in [0.1, 0.15) is 13.3 Å². The van der Waals surface area contributed by atoms with Gasteiger partial charge in [-0.25, -0.2) is 4.79 Å². The van der Waals surface area contributed by atoms with Crippen LogP contribution in [0, 0.1) is 0 Å². The summed E-state index contributed by atoms with van der Waals surface area (Å²) in [5.41, 5.74) is 0.168. The van der Waals surface area contributed by atoms with E-state index in [0.29, 0.717) is 0 Å². The number of amides is 1. The van der Waals surface area contributed by atoms with Crippen LogP contribution < -0.4 is 10.1 Å². The number of ether oxygens (including phenoxy) is 2. The highest BCUT2D eigenvalue weighted by Crippen LogP contribution is 2.34. The monoisotopic (exact) mass is 319 g/mol. The summed E-state index contributed by atoms with van der Waals surface area (Å²) in [7, 11) is 1.14. The Morgan fingerprint density at radius 1 is 1.20 bits per heavy atom. The number of halogens is 2. The molecule has 0 bridgehead atoms. The molecule has 6 nitrogen and oxygen atoms in total. The Bertz CT molecular complexity index is 559. The molecule has 1 N–H and O–H groups in total. The number of carbonyl (C=O) groups is 3. The predicted molar refractivity (Wildman–Crippen MR) is 73.4 cm³/mol. The van der Waals surface area contributed by atoms with Crippen molar-refractivity contribution in [3.8, 4) is 5.75 Å². The fourth-order valence-corrected chi connectivity index (χ4v) is 1.72. The van der Waals surface area contributed by atoms with E-state index < -0.39 is 12.1 Å². The lowest BCUT2D eigenvalue weighted by Crippen LogP contribution is -2.15. The van der Waals surface area contributed by atoms with Gasteiger partial charge in [-0.3, -0.25) is 9.59 Å². The number of rotatable bonds is 4.